The van der Waals surface area contributed by atoms with Crippen molar-refractivity contribution in [3.8, 4) is 5.75 Å². The van der Waals surface area contributed by atoms with Crippen molar-refractivity contribution in [1.29, 1.82) is 0 Å². The highest BCUT2D eigenvalue weighted by molar-refractivity contribution is 8.15. The summed E-state index contributed by atoms with van der Waals surface area (Å²) in [5.41, 5.74) is 5.43. The van der Waals surface area contributed by atoms with Crippen molar-refractivity contribution < 1.29 is 9.90 Å². The van der Waals surface area contributed by atoms with E-state index in [9.17, 15) is 9.90 Å². The second-order valence-corrected chi connectivity index (χ2v) is 7.47. The van der Waals surface area contributed by atoms with Gasteiger partial charge in [-0.05, 0) is 49.2 Å². The van der Waals surface area contributed by atoms with Gasteiger partial charge in [-0.1, -0.05) is 36.9 Å². The number of hydrogen-bond donors (Lipinski definition) is 3. The van der Waals surface area contributed by atoms with Crippen LogP contribution < -0.4 is 10.7 Å². The Balaban J connectivity index is 1.59. The summed E-state index contributed by atoms with van der Waals surface area (Å²) in [5.74, 6) is -0.327. The Kier molecular flexibility index (Phi) is 6.13. The van der Waals surface area contributed by atoms with Crippen LogP contribution in [0.5, 0.6) is 5.75 Å². The van der Waals surface area contributed by atoms with Crippen LogP contribution in [-0.4, -0.2) is 33.7 Å². The van der Waals surface area contributed by atoms with Gasteiger partial charge in [-0.15, -0.1) is 0 Å². The fraction of sp³-hybridized carbons (Fsp3) is 0.250. The minimum Gasteiger partial charge on any atom is -0.508 e. The standard InChI is InChI=1S/C20H22N4O2S/c1-3-18-12-21-20(27-18)22-16-9-7-14(8-10-16)13(2)23-24-19(26)15-5-4-6-17(25)11-15/h4-11,18,25H,3,12H2,1-2H3,(H,21,22)(H,24,26)/b23-13-/t18-/m1/s1. The number of aliphatic imine (C=N–C) groups is 1. The lowest BCUT2D eigenvalue weighted by Crippen LogP contribution is -2.19. The third-order valence-electron chi connectivity index (χ3n) is 4.16. The average Bonchev–Trinajstić information content (AvgIpc) is 3.14. The largest absolute Gasteiger partial charge is 0.508 e. The van der Waals surface area contributed by atoms with Crippen LogP contribution >= 0.6 is 11.8 Å². The van der Waals surface area contributed by atoms with Gasteiger partial charge >= 0.3 is 0 Å². The van der Waals surface area contributed by atoms with Crippen LogP contribution in [0.1, 0.15) is 36.2 Å². The maximum absolute atomic E-state index is 12.1. The van der Waals surface area contributed by atoms with E-state index in [0.717, 1.165) is 29.4 Å². The van der Waals surface area contributed by atoms with E-state index in [2.05, 4.69) is 27.8 Å². The summed E-state index contributed by atoms with van der Waals surface area (Å²) in [6.45, 7) is 4.87. The van der Waals surface area contributed by atoms with Crippen molar-refractivity contribution in [3.63, 3.8) is 0 Å². The maximum Gasteiger partial charge on any atom is 0.271 e. The zero-order valence-electron chi connectivity index (χ0n) is 15.3. The van der Waals surface area contributed by atoms with E-state index >= 15 is 0 Å². The summed E-state index contributed by atoms with van der Waals surface area (Å²) in [6.07, 6.45) is 1.11. The van der Waals surface area contributed by atoms with Crippen LogP contribution in [-0.2, 0) is 0 Å². The summed E-state index contributed by atoms with van der Waals surface area (Å²) in [6, 6.07) is 14.0. The van der Waals surface area contributed by atoms with Crippen LogP contribution in [0.25, 0.3) is 0 Å². The van der Waals surface area contributed by atoms with Crippen molar-refractivity contribution in [2.75, 3.05) is 11.9 Å². The number of phenols is 1. The highest BCUT2D eigenvalue weighted by atomic mass is 32.2. The first-order valence-electron chi connectivity index (χ1n) is 8.77. The molecule has 0 aliphatic carbocycles. The fourth-order valence-electron chi connectivity index (χ4n) is 2.53. The number of nitrogens with one attached hydrogen (secondary N) is 2. The molecule has 2 aromatic rings. The monoisotopic (exact) mass is 382 g/mol. The Morgan fingerprint density at radius 3 is 2.70 bits per heavy atom. The number of rotatable bonds is 5. The number of benzene rings is 2. The molecule has 3 rings (SSSR count). The number of carbonyl (C=O) groups excluding carboxylic acids is 1. The zero-order valence-corrected chi connectivity index (χ0v) is 16.1. The van der Waals surface area contributed by atoms with Crippen molar-refractivity contribution in [2.45, 2.75) is 25.5 Å². The van der Waals surface area contributed by atoms with Crippen LogP contribution in [0.3, 0.4) is 0 Å². The SMILES string of the molecule is CC[C@@H]1CN=C(Nc2ccc(/C(C)=N\NC(=O)c3cccc(O)c3)cc2)S1. The molecule has 0 radical (unpaired) electrons. The van der Waals surface area contributed by atoms with Crippen LogP contribution in [0, 0.1) is 0 Å². The van der Waals surface area contributed by atoms with E-state index in [1.165, 1.54) is 12.1 Å². The predicted molar refractivity (Wildman–Crippen MR) is 112 cm³/mol. The van der Waals surface area contributed by atoms with Crippen molar-refractivity contribution in [1.82, 2.24) is 5.43 Å². The number of anilines is 1. The van der Waals surface area contributed by atoms with Gasteiger partial charge in [0, 0.05) is 16.5 Å². The van der Waals surface area contributed by atoms with E-state index < -0.39 is 0 Å². The summed E-state index contributed by atoms with van der Waals surface area (Å²) >= 11 is 1.78. The molecule has 140 valence electrons. The van der Waals surface area contributed by atoms with Gasteiger partial charge in [0.15, 0.2) is 5.17 Å². The molecule has 2 aromatic carbocycles. The minimum absolute atomic E-state index is 0.0433. The third-order valence-corrected chi connectivity index (χ3v) is 5.43. The lowest BCUT2D eigenvalue weighted by atomic mass is 10.1. The highest BCUT2D eigenvalue weighted by Gasteiger charge is 2.17. The van der Waals surface area contributed by atoms with Crippen LogP contribution in [0.15, 0.2) is 58.6 Å². The number of amidine groups is 1. The van der Waals surface area contributed by atoms with Crippen LogP contribution in [0.2, 0.25) is 0 Å². The number of carbonyl (C=O) groups is 1. The molecule has 1 amide bonds. The number of hydrazone groups is 1. The molecule has 6 nitrogen and oxygen atoms in total. The Morgan fingerprint density at radius 1 is 1.26 bits per heavy atom. The number of phenolic OH excluding ortho intramolecular Hbond substituents is 1. The highest BCUT2D eigenvalue weighted by Crippen LogP contribution is 2.24. The molecule has 0 aromatic heterocycles. The van der Waals surface area contributed by atoms with E-state index in [0.29, 0.717) is 16.5 Å². The Labute approximate surface area is 162 Å². The molecule has 0 spiro atoms. The third kappa shape index (κ3) is 5.10. The molecule has 3 N–H and O–H groups in total. The molecule has 0 bridgehead atoms. The fourth-order valence-corrected chi connectivity index (χ4v) is 3.48. The van der Waals surface area contributed by atoms with Gasteiger partial charge in [0.05, 0.1) is 12.3 Å². The topological polar surface area (TPSA) is 86.1 Å². The summed E-state index contributed by atoms with van der Waals surface area (Å²) in [4.78, 5) is 16.6. The number of thioether (sulfide) groups is 1. The number of hydrogen-bond acceptors (Lipinski definition) is 6. The molecule has 0 fully saturated rings. The van der Waals surface area contributed by atoms with Gasteiger partial charge < -0.3 is 10.4 Å². The van der Waals surface area contributed by atoms with E-state index in [1.54, 1.807) is 23.9 Å². The molecule has 0 saturated carbocycles. The zero-order chi connectivity index (χ0) is 19.2. The molecule has 1 heterocycles. The Hall–Kier alpha value is -2.80. The molecule has 0 saturated heterocycles. The molecule has 0 unspecified atom stereocenters. The first kappa shape index (κ1) is 19.0. The van der Waals surface area contributed by atoms with Gasteiger partial charge in [-0.2, -0.15) is 5.10 Å². The van der Waals surface area contributed by atoms with Gasteiger partial charge in [-0.3, -0.25) is 9.79 Å². The second kappa shape index (κ2) is 8.73. The molecule has 7 heteroatoms. The quantitative estimate of drug-likeness (QED) is 0.542. The molecule has 1 atom stereocenters. The molecule has 1 aliphatic rings. The second-order valence-electron chi connectivity index (χ2n) is 6.18. The Bertz CT molecular complexity index is 878. The average molecular weight is 382 g/mol. The van der Waals surface area contributed by atoms with Gasteiger partial charge in [0.25, 0.3) is 5.91 Å². The Morgan fingerprint density at radius 2 is 2.04 bits per heavy atom. The summed E-state index contributed by atoms with van der Waals surface area (Å²) < 4.78 is 0. The van der Waals surface area contributed by atoms with Crippen molar-refractivity contribution in [3.05, 3.63) is 59.7 Å². The van der Waals surface area contributed by atoms with Gasteiger partial charge in [0.1, 0.15) is 5.75 Å². The van der Waals surface area contributed by atoms with Gasteiger partial charge in [-0.25, -0.2) is 5.43 Å². The molecule has 27 heavy (non-hydrogen) atoms. The van der Waals surface area contributed by atoms with Gasteiger partial charge in [0.2, 0.25) is 0 Å². The maximum atomic E-state index is 12.1. The number of amides is 1. The molecular formula is C20H22N4O2S. The number of aromatic hydroxyl groups is 1. The lowest BCUT2D eigenvalue weighted by molar-refractivity contribution is 0.0954. The summed E-state index contributed by atoms with van der Waals surface area (Å²) in [7, 11) is 0. The first-order valence-corrected chi connectivity index (χ1v) is 9.65. The van der Waals surface area contributed by atoms with Crippen molar-refractivity contribution >= 4 is 34.2 Å². The molecular weight excluding hydrogens is 360 g/mol. The first-order chi connectivity index (χ1) is 13.0. The predicted octanol–water partition coefficient (Wildman–Crippen LogP) is 3.84. The van der Waals surface area contributed by atoms with E-state index in [1.807, 2.05) is 31.2 Å². The lowest BCUT2D eigenvalue weighted by Gasteiger charge is -2.08. The van der Waals surface area contributed by atoms with E-state index in [4.69, 9.17) is 0 Å². The normalized spacial score (nSPS) is 16.7. The van der Waals surface area contributed by atoms with Crippen molar-refractivity contribution in [2.24, 2.45) is 10.1 Å². The minimum atomic E-state index is -0.370. The smallest absolute Gasteiger partial charge is 0.271 e. The number of nitrogens with zero attached hydrogens (tertiary/aromatic N) is 2. The van der Waals surface area contributed by atoms with E-state index in [-0.39, 0.29) is 11.7 Å². The van der Waals surface area contributed by atoms with Crippen LogP contribution in [0.4, 0.5) is 5.69 Å². The summed E-state index contributed by atoms with van der Waals surface area (Å²) in [5, 5.41) is 18.4. The molecule has 1 aliphatic heterocycles.